The second-order valence-corrected chi connectivity index (χ2v) is 4.01. The Morgan fingerprint density at radius 2 is 2.08 bits per heavy atom. The Labute approximate surface area is 84.9 Å². The maximum absolute atomic E-state index is 4.43. The zero-order chi connectivity index (χ0) is 9.59. The Kier molecular flexibility index (Phi) is 1.87. The van der Waals surface area contributed by atoms with Crippen molar-refractivity contribution in [2.24, 2.45) is 7.05 Å². The third-order valence-corrected chi connectivity index (χ3v) is 2.67. The summed E-state index contributed by atoms with van der Waals surface area (Å²) in [7, 11) is 1.91. The summed E-state index contributed by atoms with van der Waals surface area (Å²) in [5, 5.41) is 5.42. The number of pyridine rings is 1. The number of halogens is 1. The van der Waals surface area contributed by atoms with Gasteiger partial charge in [0.25, 0.3) is 0 Å². The Balaban J connectivity index is 2.97. The van der Waals surface area contributed by atoms with Gasteiger partial charge in [-0.3, -0.25) is 4.68 Å². The zero-order valence-electron chi connectivity index (χ0n) is 7.80. The molecule has 0 saturated heterocycles. The molecule has 0 bridgehead atoms. The molecule has 0 spiro atoms. The van der Waals surface area contributed by atoms with Crippen LogP contribution in [0.4, 0.5) is 0 Å². The monoisotopic (exact) mass is 239 g/mol. The van der Waals surface area contributed by atoms with Crippen molar-refractivity contribution >= 4 is 27.0 Å². The molecule has 0 radical (unpaired) electrons. The second kappa shape index (κ2) is 2.80. The third kappa shape index (κ3) is 1.25. The summed E-state index contributed by atoms with van der Waals surface area (Å²) in [5.74, 6) is 0. The van der Waals surface area contributed by atoms with Crippen LogP contribution in [0.15, 0.2) is 10.5 Å². The van der Waals surface area contributed by atoms with Crippen LogP contribution in [0.2, 0.25) is 0 Å². The highest BCUT2D eigenvalue weighted by molar-refractivity contribution is 9.10. The van der Waals surface area contributed by atoms with Crippen LogP contribution >= 0.6 is 15.9 Å². The summed E-state index contributed by atoms with van der Waals surface area (Å²) < 4.78 is 2.88. The lowest BCUT2D eigenvalue weighted by molar-refractivity contribution is 0.772. The second-order valence-electron chi connectivity index (χ2n) is 3.15. The van der Waals surface area contributed by atoms with E-state index >= 15 is 0 Å². The summed E-state index contributed by atoms with van der Waals surface area (Å²) in [6.07, 6.45) is 0. The van der Waals surface area contributed by atoms with Gasteiger partial charge in [0.15, 0.2) is 5.65 Å². The molecular weight excluding hydrogens is 230 g/mol. The fraction of sp³-hybridized carbons (Fsp3) is 0.333. The van der Waals surface area contributed by atoms with E-state index in [1.807, 2.05) is 31.6 Å². The summed E-state index contributed by atoms with van der Waals surface area (Å²) >= 11 is 3.52. The fourth-order valence-corrected chi connectivity index (χ4v) is 2.30. The largest absolute Gasteiger partial charge is 0.250 e. The minimum atomic E-state index is 0.935. The molecule has 0 aliphatic rings. The maximum atomic E-state index is 4.43. The number of aryl methyl sites for hydroxylation is 3. The predicted octanol–water partition coefficient (Wildman–Crippen LogP) is 2.35. The minimum Gasteiger partial charge on any atom is -0.250 e. The van der Waals surface area contributed by atoms with Crippen molar-refractivity contribution in [3.8, 4) is 0 Å². The van der Waals surface area contributed by atoms with Gasteiger partial charge in [0, 0.05) is 17.2 Å². The number of aromatic nitrogens is 3. The highest BCUT2D eigenvalue weighted by atomic mass is 79.9. The van der Waals surface area contributed by atoms with Gasteiger partial charge in [0.2, 0.25) is 0 Å². The first-order valence-corrected chi connectivity index (χ1v) is 4.85. The van der Waals surface area contributed by atoms with Crippen molar-refractivity contribution in [3.63, 3.8) is 0 Å². The number of fused-ring (bicyclic) bond motifs is 1. The number of nitrogens with zero attached hydrogens (tertiary/aromatic N) is 3. The molecule has 0 fully saturated rings. The molecule has 13 heavy (non-hydrogen) atoms. The van der Waals surface area contributed by atoms with E-state index in [1.54, 1.807) is 0 Å². The van der Waals surface area contributed by atoms with E-state index < -0.39 is 0 Å². The van der Waals surface area contributed by atoms with Gasteiger partial charge in [-0.05, 0) is 35.8 Å². The topological polar surface area (TPSA) is 30.7 Å². The van der Waals surface area contributed by atoms with Crippen molar-refractivity contribution in [3.05, 3.63) is 21.9 Å². The van der Waals surface area contributed by atoms with E-state index in [0.717, 1.165) is 26.9 Å². The van der Waals surface area contributed by atoms with Gasteiger partial charge in [-0.2, -0.15) is 5.10 Å². The van der Waals surface area contributed by atoms with Crippen molar-refractivity contribution in [2.75, 3.05) is 0 Å². The fourth-order valence-electron chi connectivity index (χ4n) is 1.51. The van der Waals surface area contributed by atoms with Crippen LogP contribution in [0.5, 0.6) is 0 Å². The van der Waals surface area contributed by atoms with E-state index in [0.29, 0.717) is 0 Å². The van der Waals surface area contributed by atoms with E-state index in [4.69, 9.17) is 0 Å². The van der Waals surface area contributed by atoms with Crippen LogP contribution in [-0.4, -0.2) is 14.8 Å². The first-order valence-electron chi connectivity index (χ1n) is 4.06. The molecule has 2 aromatic rings. The average molecular weight is 240 g/mol. The molecule has 0 amide bonds. The Bertz CT molecular complexity index is 473. The molecule has 0 atom stereocenters. The van der Waals surface area contributed by atoms with E-state index in [1.165, 1.54) is 0 Å². The lowest BCUT2D eigenvalue weighted by Crippen LogP contribution is -1.93. The molecule has 3 nitrogen and oxygen atoms in total. The standard InChI is InChI=1S/C9H10BrN3/c1-5-4-7(10)8-6(2)12-13(3)9(8)11-5/h4H,1-3H3. The molecule has 4 heteroatoms. The molecule has 0 aliphatic heterocycles. The maximum Gasteiger partial charge on any atom is 0.159 e. The first-order chi connectivity index (χ1) is 6.09. The molecule has 0 aromatic carbocycles. The normalized spacial score (nSPS) is 11.1. The Morgan fingerprint density at radius 3 is 2.77 bits per heavy atom. The Hall–Kier alpha value is -0.900. The highest BCUT2D eigenvalue weighted by Gasteiger charge is 2.09. The molecule has 2 aromatic heterocycles. The smallest absolute Gasteiger partial charge is 0.159 e. The van der Waals surface area contributed by atoms with Crippen LogP contribution in [-0.2, 0) is 7.05 Å². The van der Waals surface area contributed by atoms with E-state index in [-0.39, 0.29) is 0 Å². The average Bonchev–Trinajstić information content (AvgIpc) is 2.27. The van der Waals surface area contributed by atoms with E-state index in [9.17, 15) is 0 Å². The lowest BCUT2D eigenvalue weighted by atomic mass is 10.2. The molecule has 0 aliphatic carbocycles. The van der Waals surface area contributed by atoms with Gasteiger partial charge >= 0.3 is 0 Å². The van der Waals surface area contributed by atoms with Crippen molar-refractivity contribution in [1.82, 2.24) is 14.8 Å². The van der Waals surface area contributed by atoms with Crippen LogP contribution in [0.1, 0.15) is 11.4 Å². The zero-order valence-corrected chi connectivity index (χ0v) is 9.38. The van der Waals surface area contributed by atoms with Gasteiger partial charge in [0.05, 0.1) is 11.1 Å². The van der Waals surface area contributed by atoms with Crippen molar-refractivity contribution < 1.29 is 0 Å². The Morgan fingerprint density at radius 1 is 1.38 bits per heavy atom. The first kappa shape index (κ1) is 8.69. The number of hydrogen-bond acceptors (Lipinski definition) is 2. The molecular formula is C9H10BrN3. The SMILES string of the molecule is Cc1cc(Br)c2c(C)nn(C)c2n1. The molecule has 2 heterocycles. The number of hydrogen-bond donors (Lipinski definition) is 0. The molecule has 0 N–H and O–H groups in total. The molecule has 0 saturated carbocycles. The quantitative estimate of drug-likeness (QED) is 0.707. The summed E-state index contributed by atoms with van der Waals surface area (Å²) in [6, 6.07) is 2.01. The highest BCUT2D eigenvalue weighted by Crippen LogP contribution is 2.25. The summed E-state index contributed by atoms with van der Waals surface area (Å²) in [5.41, 5.74) is 2.95. The third-order valence-electron chi connectivity index (χ3n) is 2.05. The van der Waals surface area contributed by atoms with Gasteiger partial charge in [-0.25, -0.2) is 4.98 Å². The lowest BCUT2D eigenvalue weighted by Gasteiger charge is -1.97. The van der Waals surface area contributed by atoms with Crippen molar-refractivity contribution in [1.29, 1.82) is 0 Å². The van der Waals surface area contributed by atoms with Crippen molar-refractivity contribution in [2.45, 2.75) is 13.8 Å². The number of rotatable bonds is 0. The molecule has 0 unspecified atom stereocenters. The molecule has 2 rings (SSSR count). The van der Waals surface area contributed by atoms with Crippen LogP contribution in [0, 0.1) is 13.8 Å². The van der Waals surface area contributed by atoms with Gasteiger partial charge in [0.1, 0.15) is 0 Å². The summed E-state index contributed by atoms with van der Waals surface area (Å²) in [4.78, 5) is 4.43. The van der Waals surface area contributed by atoms with Crippen LogP contribution in [0.3, 0.4) is 0 Å². The molecule has 68 valence electrons. The van der Waals surface area contributed by atoms with Gasteiger partial charge in [-0.1, -0.05) is 0 Å². The van der Waals surface area contributed by atoms with Gasteiger partial charge < -0.3 is 0 Å². The minimum absolute atomic E-state index is 0.935. The van der Waals surface area contributed by atoms with Crippen LogP contribution in [0.25, 0.3) is 11.0 Å². The van der Waals surface area contributed by atoms with Gasteiger partial charge in [-0.15, -0.1) is 0 Å². The van der Waals surface area contributed by atoms with E-state index in [2.05, 4.69) is 26.0 Å². The van der Waals surface area contributed by atoms with Crippen LogP contribution < -0.4 is 0 Å². The predicted molar refractivity (Wildman–Crippen MR) is 55.7 cm³/mol. The summed E-state index contributed by atoms with van der Waals surface area (Å²) in [6.45, 7) is 3.97.